The number of amides is 1. The van der Waals surface area contributed by atoms with Crippen molar-refractivity contribution in [3.05, 3.63) is 112 Å². The van der Waals surface area contributed by atoms with Crippen LogP contribution >= 0.6 is 11.8 Å². The average Bonchev–Trinajstić information content (AvgIpc) is 3.28. The summed E-state index contributed by atoms with van der Waals surface area (Å²) >= 11 is 1.44. The third-order valence-corrected chi connectivity index (χ3v) is 6.04. The highest BCUT2D eigenvalue weighted by Crippen LogP contribution is 2.28. The Morgan fingerprint density at radius 2 is 1.74 bits per heavy atom. The Morgan fingerprint density at radius 3 is 2.41 bits per heavy atom. The molecule has 0 aliphatic carbocycles. The summed E-state index contributed by atoms with van der Waals surface area (Å²) in [7, 11) is 0. The zero-order valence-corrected chi connectivity index (χ0v) is 18.9. The molecule has 0 radical (unpaired) electrons. The molecule has 8 nitrogen and oxygen atoms in total. The minimum atomic E-state index is -0.624. The van der Waals surface area contributed by atoms with Gasteiger partial charge in [0.1, 0.15) is 5.82 Å². The summed E-state index contributed by atoms with van der Waals surface area (Å²) in [5.41, 5.74) is 1.58. The van der Waals surface area contributed by atoms with Gasteiger partial charge < -0.3 is 5.32 Å². The number of aromatic nitrogens is 3. The summed E-state index contributed by atoms with van der Waals surface area (Å²) in [5, 5.41) is 23.0. The molecule has 1 atom stereocenters. The van der Waals surface area contributed by atoms with E-state index in [9.17, 15) is 19.3 Å². The van der Waals surface area contributed by atoms with Gasteiger partial charge in [-0.1, -0.05) is 54.2 Å². The van der Waals surface area contributed by atoms with E-state index >= 15 is 0 Å². The first-order valence-corrected chi connectivity index (χ1v) is 11.3. The van der Waals surface area contributed by atoms with Crippen LogP contribution in [-0.2, 0) is 5.75 Å². The first-order valence-electron chi connectivity index (χ1n) is 10.4. The predicted octanol–water partition coefficient (Wildman–Crippen LogP) is 5.10. The molecule has 1 aromatic heterocycles. The Morgan fingerprint density at radius 1 is 1.06 bits per heavy atom. The van der Waals surface area contributed by atoms with Crippen molar-refractivity contribution < 1.29 is 14.1 Å². The van der Waals surface area contributed by atoms with Crippen LogP contribution in [0.1, 0.15) is 34.7 Å². The molecular weight excluding hydrogens is 457 g/mol. The molecule has 0 aliphatic heterocycles. The number of non-ortho nitro benzene ring substituents is 1. The van der Waals surface area contributed by atoms with Crippen molar-refractivity contribution >= 4 is 23.4 Å². The molecule has 0 saturated carbocycles. The number of nitrogens with one attached hydrogen (secondary N) is 1. The van der Waals surface area contributed by atoms with Crippen LogP contribution in [0.5, 0.6) is 0 Å². The molecule has 1 amide bonds. The van der Waals surface area contributed by atoms with Crippen molar-refractivity contribution in [2.24, 2.45) is 0 Å². The van der Waals surface area contributed by atoms with Crippen LogP contribution in [0.3, 0.4) is 0 Å². The van der Waals surface area contributed by atoms with Crippen LogP contribution in [0.4, 0.5) is 10.1 Å². The first-order chi connectivity index (χ1) is 16.4. The summed E-state index contributed by atoms with van der Waals surface area (Å²) in [4.78, 5) is 23.2. The van der Waals surface area contributed by atoms with Crippen LogP contribution in [-0.4, -0.2) is 25.6 Å². The lowest BCUT2D eigenvalue weighted by Crippen LogP contribution is -2.29. The smallest absolute Gasteiger partial charge is 0.269 e. The molecule has 0 fully saturated rings. The van der Waals surface area contributed by atoms with Gasteiger partial charge in [-0.15, -0.1) is 10.2 Å². The molecule has 4 rings (SSSR count). The Hall–Kier alpha value is -4.05. The second-order valence-electron chi connectivity index (χ2n) is 7.40. The summed E-state index contributed by atoms with van der Waals surface area (Å²) in [6, 6.07) is 20.9. The number of nitro groups is 1. The summed E-state index contributed by atoms with van der Waals surface area (Å²) in [6.45, 7) is 1.72. The van der Waals surface area contributed by atoms with E-state index in [1.165, 1.54) is 42.1 Å². The maximum absolute atomic E-state index is 14.1. The van der Waals surface area contributed by atoms with Crippen molar-refractivity contribution in [1.82, 2.24) is 20.1 Å². The van der Waals surface area contributed by atoms with Crippen LogP contribution in [0.15, 0.2) is 84.0 Å². The molecule has 0 bridgehead atoms. The molecule has 1 heterocycles. The van der Waals surface area contributed by atoms with Crippen LogP contribution in [0.25, 0.3) is 5.69 Å². The fraction of sp³-hybridized carbons (Fsp3) is 0.125. The molecule has 0 spiro atoms. The number of nitrogens with zero attached hydrogens (tertiary/aromatic N) is 4. The number of carbonyl (C=O) groups excluding carboxylic acids is 1. The highest BCUT2D eigenvalue weighted by molar-refractivity contribution is 7.98. The molecular formula is C24H20FN5O3S. The minimum Gasteiger partial charge on any atom is -0.342 e. The molecule has 1 N–H and O–H groups in total. The molecule has 3 aromatic carbocycles. The molecule has 0 aliphatic rings. The summed E-state index contributed by atoms with van der Waals surface area (Å²) < 4.78 is 15.8. The maximum Gasteiger partial charge on any atom is 0.269 e. The largest absolute Gasteiger partial charge is 0.342 e. The number of carbonyl (C=O) groups is 1. The molecule has 0 saturated heterocycles. The highest BCUT2D eigenvalue weighted by Gasteiger charge is 2.23. The van der Waals surface area contributed by atoms with E-state index < -0.39 is 22.7 Å². The van der Waals surface area contributed by atoms with E-state index in [2.05, 4.69) is 15.5 Å². The van der Waals surface area contributed by atoms with Gasteiger partial charge in [-0.2, -0.15) is 0 Å². The van der Waals surface area contributed by atoms with Gasteiger partial charge in [0.15, 0.2) is 11.0 Å². The zero-order chi connectivity index (χ0) is 24.1. The van der Waals surface area contributed by atoms with Crippen molar-refractivity contribution in [2.45, 2.75) is 23.9 Å². The second kappa shape index (κ2) is 10.3. The van der Waals surface area contributed by atoms with Gasteiger partial charge in [0.05, 0.1) is 16.5 Å². The van der Waals surface area contributed by atoms with Gasteiger partial charge in [0, 0.05) is 23.6 Å². The Kier molecular flexibility index (Phi) is 6.98. The van der Waals surface area contributed by atoms with E-state index in [-0.39, 0.29) is 11.3 Å². The monoisotopic (exact) mass is 477 g/mol. The number of halogens is 1. The van der Waals surface area contributed by atoms with Gasteiger partial charge in [-0.25, -0.2) is 4.39 Å². The quantitative estimate of drug-likeness (QED) is 0.215. The number of nitro benzene ring substituents is 1. The third kappa shape index (κ3) is 5.12. The van der Waals surface area contributed by atoms with E-state index in [0.717, 1.165) is 5.56 Å². The van der Waals surface area contributed by atoms with E-state index in [0.29, 0.717) is 22.4 Å². The van der Waals surface area contributed by atoms with Gasteiger partial charge in [0.25, 0.3) is 11.6 Å². The van der Waals surface area contributed by atoms with E-state index in [1.54, 1.807) is 29.7 Å². The lowest BCUT2D eigenvalue weighted by Gasteiger charge is -2.16. The minimum absolute atomic E-state index is 0.0437. The van der Waals surface area contributed by atoms with Crippen LogP contribution < -0.4 is 5.32 Å². The van der Waals surface area contributed by atoms with E-state index in [1.807, 2.05) is 30.3 Å². The van der Waals surface area contributed by atoms with E-state index in [4.69, 9.17) is 0 Å². The van der Waals surface area contributed by atoms with Crippen LogP contribution in [0, 0.1) is 15.9 Å². The predicted molar refractivity (Wildman–Crippen MR) is 126 cm³/mol. The van der Waals surface area contributed by atoms with Gasteiger partial charge in [-0.3, -0.25) is 19.5 Å². The lowest BCUT2D eigenvalue weighted by molar-refractivity contribution is -0.384. The Bertz CT molecular complexity index is 1310. The number of hydrogen-bond acceptors (Lipinski definition) is 6. The topological polar surface area (TPSA) is 103 Å². The SMILES string of the molecule is CC(NC(=O)c1ccccc1F)c1nnc(SCc2ccccc2)n1-c1ccc([N+](=O)[O-])cc1. The highest BCUT2D eigenvalue weighted by atomic mass is 32.2. The van der Waals surface area contributed by atoms with Crippen molar-refractivity contribution in [1.29, 1.82) is 0 Å². The fourth-order valence-corrected chi connectivity index (χ4v) is 4.24. The molecule has 172 valence electrons. The Balaban J connectivity index is 1.65. The number of benzene rings is 3. The summed E-state index contributed by atoms with van der Waals surface area (Å²) in [5.74, 6) is -0.165. The van der Waals surface area contributed by atoms with Crippen molar-refractivity contribution in [3.8, 4) is 5.69 Å². The molecule has 1 unspecified atom stereocenters. The van der Waals surface area contributed by atoms with Crippen molar-refractivity contribution in [3.63, 3.8) is 0 Å². The van der Waals surface area contributed by atoms with Gasteiger partial charge in [0.2, 0.25) is 0 Å². The standard InChI is InChI=1S/C24H20FN5O3S/c1-16(26-23(31)20-9-5-6-10-21(20)25)22-27-28-24(34-15-17-7-3-2-4-8-17)29(22)18-11-13-19(14-12-18)30(32)33/h2-14,16H,15H2,1H3,(H,26,31). The fourth-order valence-electron chi connectivity index (χ4n) is 3.33. The molecule has 10 heteroatoms. The van der Waals surface area contributed by atoms with Gasteiger partial charge in [-0.05, 0) is 36.8 Å². The normalized spacial score (nSPS) is 11.7. The number of hydrogen-bond donors (Lipinski definition) is 1. The van der Waals surface area contributed by atoms with Crippen molar-refractivity contribution in [2.75, 3.05) is 0 Å². The van der Waals surface area contributed by atoms with Crippen LogP contribution in [0.2, 0.25) is 0 Å². The zero-order valence-electron chi connectivity index (χ0n) is 18.1. The molecule has 4 aromatic rings. The second-order valence-corrected chi connectivity index (χ2v) is 8.34. The lowest BCUT2D eigenvalue weighted by atomic mass is 10.2. The third-order valence-electron chi connectivity index (χ3n) is 5.04. The van der Waals surface area contributed by atoms with Gasteiger partial charge >= 0.3 is 0 Å². The number of thioether (sulfide) groups is 1. The number of rotatable bonds is 8. The maximum atomic E-state index is 14.1. The average molecular weight is 478 g/mol. The summed E-state index contributed by atoms with van der Waals surface area (Å²) in [6.07, 6.45) is 0. The first kappa shape index (κ1) is 23.1. The molecule has 34 heavy (non-hydrogen) atoms. The Labute approximate surface area is 199 Å².